The number of hydrogen-bond donors (Lipinski definition) is 2. The fourth-order valence-corrected chi connectivity index (χ4v) is 1.95. The Kier molecular flexibility index (Phi) is 4.19. The van der Waals surface area contributed by atoms with Crippen LogP contribution in [0.4, 0.5) is 5.69 Å². The molecule has 0 amide bonds. The standard InChI is InChI=1S/C12H18ClN3/c1-4-16(8(2)3)11-7-9(13)5-6-10(11)12(14)15/h5-8H,4H2,1-3H3,(H3,14,15). The van der Waals surface area contributed by atoms with Crippen molar-refractivity contribution in [2.24, 2.45) is 5.73 Å². The van der Waals surface area contributed by atoms with Crippen molar-refractivity contribution in [3.8, 4) is 0 Å². The van der Waals surface area contributed by atoms with E-state index < -0.39 is 0 Å². The maximum Gasteiger partial charge on any atom is 0.124 e. The van der Waals surface area contributed by atoms with Crippen LogP contribution < -0.4 is 10.6 Å². The Hall–Kier alpha value is -1.22. The molecular weight excluding hydrogens is 222 g/mol. The molecular formula is C12H18ClN3. The first-order chi connectivity index (χ1) is 7.47. The summed E-state index contributed by atoms with van der Waals surface area (Å²) in [5.41, 5.74) is 7.24. The van der Waals surface area contributed by atoms with E-state index in [0.29, 0.717) is 11.1 Å². The molecule has 0 saturated heterocycles. The molecule has 0 aliphatic rings. The van der Waals surface area contributed by atoms with E-state index in [2.05, 4.69) is 25.7 Å². The molecule has 0 fully saturated rings. The van der Waals surface area contributed by atoms with E-state index in [1.165, 1.54) is 0 Å². The summed E-state index contributed by atoms with van der Waals surface area (Å²) >= 11 is 5.99. The molecule has 0 atom stereocenters. The SMILES string of the molecule is CCN(c1cc(Cl)ccc1C(=N)N)C(C)C. The van der Waals surface area contributed by atoms with Crippen molar-refractivity contribution < 1.29 is 0 Å². The third-order valence-corrected chi connectivity index (χ3v) is 2.76. The molecule has 0 bridgehead atoms. The Morgan fingerprint density at radius 2 is 2.12 bits per heavy atom. The second kappa shape index (κ2) is 5.21. The van der Waals surface area contributed by atoms with Crippen molar-refractivity contribution in [1.29, 1.82) is 5.41 Å². The molecule has 0 heterocycles. The second-order valence-corrected chi connectivity index (χ2v) is 4.39. The van der Waals surface area contributed by atoms with Crippen molar-refractivity contribution in [3.63, 3.8) is 0 Å². The highest BCUT2D eigenvalue weighted by Gasteiger charge is 2.14. The number of nitrogens with zero attached hydrogens (tertiary/aromatic N) is 1. The van der Waals surface area contributed by atoms with Crippen LogP contribution in [0, 0.1) is 5.41 Å². The fourth-order valence-electron chi connectivity index (χ4n) is 1.78. The summed E-state index contributed by atoms with van der Waals surface area (Å²) in [7, 11) is 0. The van der Waals surface area contributed by atoms with Crippen LogP contribution in [-0.2, 0) is 0 Å². The Labute approximate surface area is 102 Å². The molecule has 1 aromatic rings. The van der Waals surface area contributed by atoms with Gasteiger partial charge in [-0.1, -0.05) is 11.6 Å². The Bertz CT molecular complexity index is 388. The van der Waals surface area contributed by atoms with Gasteiger partial charge in [-0.05, 0) is 39.0 Å². The topological polar surface area (TPSA) is 53.1 Å². The highest BCUT2D eigenvalue weighted by molar-refractivity contribution is 6.31. The first kappa shape index (κ1) is 12.8. The van der Waals surface area contributed by atoms with Gasteiger partial charge in [0.2, 0.25) is 0 Å². The molecule has 0 aliphatic heterocycles. The van der Waals surface area contributed by atoms with E-state index in [1.807, 2.05) is 6.07 Å². The number of rotatable bonds is 4. The normalized spacial score (nSPS) is 10.6. The number of nitrogen functional groups attached to an aromatic ring is 1. The molecule has 16 heavy (non-hydrogen) atoms. The van der Waals surface area contributed by atoms with E-state index >= 15 is 0 Å². The first-order valence-corrected chi connectivity index (χ1v) is 5.75. The summed E-state index contributed by atoms with van der Waals surface area (Å²) in [5, 5.41) is 8.23. The zero-order valence-corrected chi connectivity index (χ0v) is 10.7. The van der Waals surface area contributed by atoms with Crippen molar-refractivity contribution in [1.82, 2.24) is 0 Å². The molecule has 0 radical (unpaired) electrons. The lowest BCUT2D eigenvalue weighted by Gasteiger charge is -2.29. The number of halogens is 1. The van der Waals surface area contributed by atoms with Crippen molar-refractivity contribution >= 4 is 23.1 Å². The minimum Gasteiger partial charge on any atom is -0.384 e. The van der Waals surface area contributed by atoms with E-state index in [1.54, 1.807) is 12.1 Å². The maximum atomic E-state index is 7.56. The first-order valence-electron chi connectivity index (χ1n) is 5.38. The molecule has 88 valence electrons. The fraction of sp³-hybridized carbons (Fsp3) is 0.417. The quantitative estimate of drug-likeness (QED) is 0.627. The van der Waals surface area contributed by atoms with Gasteiger partial charge >= 0.3 is 0 Å². The molecule has 0 unspecified atom stereocenters. The molecule has 4 heteroatoms. The van der Waals surface area contributed by atoms with E-state index in [9.17, 15) is 0 Å². The summed E-state index contributed by atoms with van der Waals surface area (Å²) in [5.74, 6) is 0.0748. The Morgan fingerprint density at radius 1 is 1.50 bits per heavy atom. The van der Waals surface area contributed by atoms with Crippen molar-refractivity contribution in [3.05, 3.63) is 28.8 Å². The summed E-state index contributed by atoms with van der Waals surface area (Å²) in [4.78, 5) is 2.17. The maximum absolute atomic E-state index is 7.56. The molecule has 0 saturated carbocycles. The van der Waals surface area contributed by atoms with Crippen LogP contribution in [0.2, 0.25) is 5.02 Å². The molecule has 0 aliphatic carbocycles. The lowest BCUT2D eigenvalue weighted by molar-refractivity contribution is 0.703. The zero-order valence-electron chi connectivity index (χ0n) is 9.92. The van der Waals surface area contributed by atoms with E-state index in [4.69, 9.17) is 22.7 Å². The summed E-state index contributed by atoms with van der Waals surface area (Å²) in [6.45, 7) is 7.14. The molecule has 3 N–H and O–H groups in total. The smallest absolute Gasteiger partial charge is 0.124 e. The lowest BCUT2D eigenvalue weighted by atomic mass is 10.1. The number of amidine groups is 1. The largest absolute Gasteiger partial charge is 0.384 e. The second-order valence-electron chi connectivity index (χ2n) is 3.95. The van der Waals surface area contributed by atoms with Crippen LogP contribution in [0.1, 0.15) is 26.3 Å². The Morgan fingerprint density at radius 3 is 2.56 bits per heavy atom. The zero-order chi connectivity index (χ0) is 12.3. The third kappa shape index (κ3) is 2.67. The number of nitrogens with one attached hydrogen (secondary N) is 1. The van der Waals surface area contributed by atoms with Gasteiger partial charge in [0.05, 0.1) is 0 Å². The number of anilines is 1. The van der Waals surface area contributed by atoms with Crippen LogP contribution in [0.5, 0.6) is 0 Å². The van der Waals surface area contributed by atoms with Gasteiger partial charge in [-0.25, -0.2) is 0 Å². The molecule has 0 spiro atoms. The van der Waals surface area contributed by atoms with Gasteiger partial charge in [0, 0.05) is 28.9 Å². The van der Waals surface area contributed by atoms with Gasteiger partial charge in [-0.2, -0.15) is 0 Å². The predicted octanol–water partition coefficient (Wildman–Crippen LogP) is 2.86. The van der Waals surface area contributed by atoms with Crippen LogP contribution in [0.25, 0.3) is 0 Å². The van der Waals surface area contributed by atoms with Gasteiger partial charge in [0.25, 0.3) is 0 Å². The van der Waals surface area contributed by atoms with Crippen LogP contribution in [-0.4, -0.2) is 18.4 Å². The number of nitrogens with two attached hydrogens (primary N) is 1. The summed E-state index contributed by atoms with van der Waals surface area (Å²) in [6.07, 6.45) is 0. The number of benzene rings is 1. The Balaban J connectivity index is 3.27. The lowest BCUT2D eigenvalue weighted by Crippen LogP contribution is -2.32. The average molecular weight is 240 g/mol. The van der Waals surface area contributed by atoms with Crippen molar-refractivity contribution in [2.45, 2.75) is 26.8 Å². The summed E-state index contributed by atoms with van der Waals surface area (Å²) in [6, 6.07) is 5.77. The van der Waals surface area contributed by atoms with Crippen LogP contribution in [0.3, 0.4) is 0 Å². The number of hydrogen-bond acceptors (Lipinski definition) is 2. The minimum atomic E-state index is 0.0748. The van der Waals surface area contributed by atoms with Gasteiger partial charge in [0.15, 0.2) is 0 Å². The van der Waals surface area contributed by atoms with Gasteiger partial charge in [0.1, 0.15) is 5.84 Å². The van der Waals surface area contributed by atoms with E-state index in [0.717, 1.165) is 17.8 Å². The van der Waals surface area contributed by atoms with Gasteiger partial charge < -0.3 is 10.6 Å². The van der Waals surface area contributed by atoms with Crippen LogP contribution in [0.15, 0.2) is 18.2 Å². The average Bonchev–Trinajstić information content (AvgIpc) is 2.17. The molecule has 3 nitrogen and oxygen atoms in total. The van der Waals surface area contributed by atoms with E-state index in [-0.39, 0.29) is 5.84 Å². The highest BCUT2D eigenvalue weighted by Crippen LogP contribution is 2.26. The van der Waals surface area contributed by atoms with Gasteiger partial charge in [-0.15, -0.1) is 0 Å². The monoisotopic (exact) mass is 239 g/mol. The highest BCUT2D eigenvalue weighted by atomic mass is 35.5. The minimum absolute atomic E-state index is 0.0748. The molecule has 0 aromatic heterocycles. The van der Waals surface area contributed by atoms with Gasteiger partial charge in [-0.3, -0.25) is 5.41 Å². The summed E-state index contributed by atoms with van der Waals surface area (Å²) < 4.78 is 0. The molecule has 1 aromatic carbocycles. The predicted molar refractivity (Wildman–Crippen MR) is 70.6 cm³/mol. The third-order valence-electron chi connectivity index (χ3n) is 2.52. The van der Waals surface area contributed by atoms with Crippen LogP contribution >= 0.6 is 11.6 Å². The van der Waals surface area contributed by atoms with Crippen molar-refractivity contribution in [2.75, 3.05) is 11.4 Å². The molecule has 1 rings (SSSR count).